The zero-order chi connectivity index (χ0) is 23.3. The minimum absolute atomic E-state index is 0.0215. The van der Waals surface area contributed by atoms with E-state index in [4.69, 9.17) is 0 Å². The highest BCUT2D eigenvalue weighted by molar-refractivity contribution is 8.18. The highest BCUT2D eigenvalue weighted by atomic mass is 32.2. The van der Waals surface area contributed by atoms with Gasteiger partial charge in [0, 0.05) is 24.5 Å². The third-order valence-corrected chi connectivity index (χ3v) is 7.06. The lowest BCUT2D eigenvalue weighted by Crippen LogP contribution is -2.37. The third-order valence-electron chi connectivity index (χ3n) is 4.28. The number of amides is 3. The molecule has 2 aromatic rings. The molecular formula is C20H20FN3O5S3. The van der Waals surface area contributed by atoms with Gasteiger partial charge in [0.1, 0.15) is 5.82 Å². The van der Waals surface area contributed by atoms with Gasteiger partial charge in [0.2, 0.25) is 10.0 Å². The van der Waals surface area contributed by atoms with E-state index in [0.29, 0.717) is 16.9 Å². The topological polar surface area (TPSA) is 113 Å². The quantitative estimate of drug-likeness (QED) is 0.515. The average molecular weight is 498 g/mol. The molecule has 1 aromatic carbocycles. The first kappa shape index (κ1) is 24.1. The molecule has 1 aromatic heterocycles. The van der Waals surface area contributed by atoms with Crippen molar-refractivity contribution < 1.29 is 27.2 Å². The van der Waals surface area contributed by atoms with E-state index >= 15 is 0 Å². The number of nitrogens with zero attached hydrogens (tertiary/aromatic N) is 1. The summed E-state index contributed by atoms with van der Waals surface area (Å²) in [6.07, 6.45) is 3.06. The van der Waals surface area contributed by atoms with Gasteiger partial charge in [0.15, 0.2) is 0 Å². The number of thiophene rings is 1. The number of sulfonamides is 1. The van der Waals surface area contributed by atoms with E-state index in [1.165, 1.54) is 41.7 Å². The second-order valence-electron chi connectivity index (χ2n) is 6.82. The lowest BCUT2D eigenvalue weighted by atomic mass is 10.2. The van der Waals surface area contributed by atoms with Crippen molar-refractivity contribution in [2.75, 3.05) is 25.9 Å². The molecule has 2 N–H and O–H groups in total. The largest absolute Gasteiger partial charge is 0.350 e. The van der Waals surface area contributed by atoms with Crippen LogP contribution in [0.3, 0.4) is 0 Å². The molecule has 0 aliphatic carbocycles. The summed E-state index contributed by atoms with van der Waals surface area (Å²) < 4.78 is 37.6. The highest BCUT2D eigenvalue weighted by Gasteiger charge is 2.34. The fourth-order valence-corrected chi connectivity index (χ4v) is 5.03. The van der Waals surface area contributed by atoms with Gasteiger partial charge in [-0.25, -0.2) is 17.5 Å². The van der Waals surface area contributed by atoms with Crippen molar-refractivity contribution in [1.29, 1.82) is 0 Å². The number of hydrogen-bond donors (Lipinski definition) is 2. The summed E-state index contributed by atoms with van der Waals surface area (Å²) in [5, 5.41) is 2.24. The first-order valence-corrected chi connectivity index (χ1v) is 13.0. The Balaban J connectivity index is 1.49. The Hall–Kier alpha value is -2.54. The van der Waals surface area contributed by atoms with Gasteiger partial charge < -0.3 is 5.32 Å². The molecule has 12 heteroatoms. The number of imide groups is 1. The van der Waals surface area contributed by atoms with Crippen LogP contribution in [0.15, 0.2) is 41.3 Å². The van der Waals surface area contributed by atoms with Gasteiger partial charge in [-0.2, -0.15) is 0 Å². The number of halogens is 1. The Morgan fingerprint density at radius 2 is 1.84 bits per heavy atom. The zero-order valence-corrected chi connectivity index (χ0v) is 19.4. The molecule has 1 aliphatic heterocycles. The minimum Gasteiger partial charge on any atom is -0.350 e. The van der Waals surface area contributed by atoms with Gasteiger partial charge in [-0.3, -0.25) is 19.3 Å². The van der Waals surface area contributed by atoms with Gasteiger partial charge in [0.05, 0.1) is 16.0 Å². The van der Waals surface area contributed by atoms with Crippen molar-refractivity contribution in [2.24, 2.45) is 0 Å². The van der Waals surface area contributed by atoms with Crippen molar-refractivity contribution in [2.45, 2.75) is 6.42 Å². The molecule has 1 saturated heterocycles. The predicted octanol–water partition coefficient (Wildman–Crippen LogP) is 2.45. The zero-order valence-electron chi connectivity index (χ0n) is 17.0. The van der Waals surface area contributed by atoms with E-state index in [0.717, 1.165) is 27.8 Å². The normalized spacial score (nSPS) is 15.6. The Morgan fingerprint density at radius 3 is 2.53 bits per heavy atom. The summed E-state index contributed by atoms with van der Waals surface area (Å²) in [7, 11) is -3.26. The van der Waals surface area contributed by atoms with Gasteiger partial charge in [0.25, 0.3) is 17.1 Å². The maximum absolute atomic E-state index is 13.0. The average Bonchev–Trinajstić information content (AvgIpc) is 3.29. The van der Waals surface area contributed by atoms with Crippen molar-refractivity contribution in [1.82, 2.24) is 14.9 Å². The second-order valence-corrected chi connectivity index (χ2v) is 10.8. The van der Waals surface area contributed by atoms with E-state index in [9.17, 15) is 27.2 Å². The van der Waals surface area contributed by atoms with Crippen molar-refractivity contribution in [3.05, 3.63) is 62.4 Å². The van der Waals surface area contributed by atoms with Crippen LogP contribution in [0.2, 0.25) is 0 Å². The van der Waals surface area contributed by atoms with Gasteiger partial charge >= 0.3 is 0 Å². The number of benzene rings is 1. The molecule has 0 atom stereocenters. The maximum Gasteiger partial charge on any atom is 0.293 e. The number of thioether (sulfide) groups is 1. The second kappa shape index (κ2) is 10.4. The number of carbonyl (C=O) groups is 3. The van der Waals surface area contributed by atoms with E-state index in [1.807, 2.05) is 0 Å². The summed E-state index contributed by atoms with van der Waals surface area (Å²) in [5.41, 5.74) is 0.602. The fourth-order valence-electron chi connectivity index (χ4n) is 2.77. The van der Waals surface area contributed by atoms with Crippen LogP contribution in [0.1, 0.15) is 20.1 Å². The number of rotatable bonds is 9. The Labute approximate surface area is 192 Å². The molecule has 1 aliphatic rings. The summed E-state index contributed by atoms with van der Waals surface area (Å²) in [6.45, 7) is 0.349. The molecule has 1 fully saturated rings. The fraction of sp³-hybridized carbons (Fsp3) is 0.250. The molecule has 0 saturated carbocycles. The molecule has 0 bridgehead atoms. The molecular weight excluding hydrogens is 477 g/mol. The molecule has 8 nitrogen and oxygen atoms in total. The maximum atomic E-state index is 13.0. The van der Waals surface area contributed by atoms with Crippen molar-refractivity contribution in [3.63, 3.8) is 0 Å². The van der Waals surface area contributed by atoms with Crippen LogP contribution in [0.4, 0.5) is 9.18 Å². The molecule has 0 radical (unpaired) electrons. The third kappa shape index (κ3) is 6.73. The first-order valence-electron chi connectivity index (χ1n) is 9.45. The van der Waals surface area contributed by atoms with Gasteiger partial charge in [-0.05, 0) is 54.1 Å². The van der Waals surface area contributed by atoms with E-state index in [2.05, 4.69) is 10.0 Å². The Kier molecular flexibility index (Phi) is 7.82. The van der Waals surface area contributed by atoms with Gasteiger partial charge in [-0.15, -0.1) is 11.3 Å². The van der Waals surface area contributed by atoms with Crippen LogP contribution in [-0.4, -0.2) is 56.3 Å². The summed E-state index contributed by atoms with van der Waals surface area (Å²) >= 11 is 2.04. The highest BCUT2D eigenvalue weighted by Crippen LogP contribution is 2.31. The minimum atomic E-state index is -3.26. The van der Waals surface area contributed by atoms with Crippen LogP contribution in [0.25, 0.3) is 6.08 Å². The lowest BCUT2D eigenvalue weighted by molar-refractivity contribution is -0.122. The molecule has 0 spiro atoms. The lowest BCUT2D eigenvalue weighted by Gasteiger charge is -2.12. The van der Waals surface area contributed by atoms with Gasteiger partial charge in [-0.1, -0.05) is 12.1 Å². The van der Waals surface area contributed by atoms with Crippen LogP contribution in [0, 0.1) is 5.82 Å². The molecule has 3 amide bonds. The summed E-state index contributed by atoms with van der Waals surface area (Å²) in [4.78, 5) is 39.6. The molecule has 32 heavy (non-hydrogen) atoms. The number of hydrogen-bond acceptors (Lipinski definition) is 7. The van der Waals surface area contributed by atoms with E-state index in [1.54, 1.807) is 12.1 Å². The first-order chi connectivity index (χ1) is 15.1. The molecule has 2 heterocycles. The molecule has 170 valence electrons. The number of nitrogens with one attached hydrogen (secondary N) is 2. The summed E-state index contributed by atoms with van der Waals surface area (Å²) in [5.74, 6) is -1.20. The molecule has 3 rings (SSSR count). The van der Waals surface area contributed by atoms with E-state index < -0.39 is 27.0 Å². The van der Waals surface area contributed by atoms with Crippen molar-refractivity contribution >= 4 is 56.3 Å². The summed E-state index contributed by atoms with van der Waals surface area (Å²) in [6, 6.07) is 8.95. The SMILES string of the molecule is CS(=O)(=O)NCCc1ccc(C(=O)NCCN2C(=O)S/C(=C\c3ccc(F)cc3)C2=O)s1. The van der Waals surface area contributed by atoms with Crippen LogP contribution in [0.5, 0.6) is 0 Å². The standard InChI is InChI=1S/C20H20FN3O5S3/c1-32(28,29)23-9-8-15-6-7-16(30-15)18(25)22-10-11-24-19(26)17(31-20(24)27)12-13-2-4-14(21)5-3-13/h2-7,12,23H,8-11H2,1H3,(H,22,25)/b17-12-. The Morgan fingerprint density at radius 1 is 1.12 bits per heavy atom. The van der Waals surface area contributed by atoms with Crippen LogP contribution < -0.4 is 10.0 Å². The van der Waals surface area contributed by atoms with Crippen LogP contribution in [-0.2, 0) is 21.2 Å². The van der Waals surface area contributed by atoms with Crippen LogP contribution >= 0.6 is 23.1 Å². The molecule has 0 unspecified atom stereocenters. The predicted molar refractivity (Wildman–Crippen MR) is 122 cm³/mol. The van der Waals surface area contributed by atoms with Crippen molar-refractivity contribution in [3.8, 4) is 0 Å². The van der Waals surface area contributed by atoms with E-state index in [-0.39, 0.29) is 30.4 Å². The number of carbonyl (C=O) groups excluding carboxylic acids is 3. The monoisotopic (exact) mass is 497 g/mol. The smallest absolute Gasteiger partial charge is 0.293 e. The Bertz CT molecular complexity index is 1160.